The van der Waals surface area contributed by atoms with Crippen LogP contribution in [0, 0.1) is 0 Å². The monoisotopic (exact) mass is 222 g/mol. The van der Waals surface area contributed by atoms with Crippen LogP contribution in [-0.4, -0.2) is 24.7 Å². The third-order valence-corrected chi connectivity index (χ3v) is 4.27. The topological polar surface area (TPSA) is 72.2 Å². The van der Waals surface area contributed by atoms with Crippen molar-refractivity contribution in [2.45, 2.75) is 37.5 Å². The fourth-order valence-corrected chi connectivity index (χ4v) is 2.95. The van der Waals surface area contributed by atoms with Crippen LogP contribution in [0.25, 0.3) is 0 Å². The summed E-state index contributed by atoms with van der Waals surface area (Å²) in [5.74, 6) is 0. The molecule has 0 amide bonds. The summed E-state index contributed by atoms with van der Waals surface area (Å²) in [5.41, 5.74) is 5.38. The van der Waals surface area contributed by atoms with Crippen molar-refractivity contribution in [3.05, 3.63) is 0 Å². The maximum absolute atomic E-state index is 11.4. The normalized spacial score (nSPS) is 19.8. The van der Waals surface area contributed by atoms with E-state index in [0.29, 0.717) is 6.42 Å². The van der Waals surface area contributed by atoms with Crippen molar-refractivity contribution in [1.82, 2.24) is 4.72 Å². The van der Waals surface area contributed by atoms with Gasteiger partial charge in [-0.3, -0.25) is 0 Å². The molecule has 1 fully saturated rings. The molecule has 13 heavy (non-hydrogen) atoms. The minimum absolute atomic E-state index is 0.212. The third kappa shape index (κ3) is 2.89. The molecule has 0 heterocycles. The van der Waals surface area contributed by atoms with E-state index in [-0.39, 0.29) is 16.3 Å². The van der Waals surface area contributed by atoms with E-state index >= 15 is 0 Å². The highest BCUT2D eigenvalue weighted by molar-refractivity contribution is 7.90. The number of nitrogens with two attached hydrogens (primary N) is 1. The fraction of sp³-hybridized carbons (Fsp3) is 0.857. The summed E-state index contributed by atoms with van der Waals surface area (Å²) in [6, 6.07) is -0.388. The Bertz CT molecular complexity index is 296. The predicted octanol–water partition coefficient (Wildman–Crippen LogP) is 0.133. The van der Waals surface area contributed by atoms with Gasteiger partial charge in [-0.25, -0.2) is 13.1 Å². The zero-order valence-corrected chi connectivity index (χ0v) is 9.12. The molecule has 1 saturated carbocycles. The van der Waals surface area contributed by atoms with Gasteiger partial charge in [0, 0.05) is 0 Å². The highest BCUT2D eigenvalue weighted by atomic mass is 32.2. The average Bonchev–Trinajstić information content (AvgIpc) is 2.81. The summed E-state index contributed by atoms with van der Waals surface area (Å²) < 4.78 is 25.4. The Balaban J connectivity index is 2.59. The molecule has 0 aromatic carbocycles. The molecule has 1 atom stereocenters. The molecule has 4 nitrogen and oxygen atoms in total. The van der Waals surface area contributed by atoms with Gasteiger partial charge in [-0.05, 0) is 19.3 Å². The molecule has 0 saturated heterocycles. The largest absolute Gasteiger partial charge is 0.392 e. The Hall–Kier alpha value is -0.200. The number of nitrogens with one attached hydrogen (secondary N) is 1. The van der Waals surface area contributed by atoms with Gasteiger partial charge in [0.25, 0.3) is 0 Å². The second kappa shape index (κ2) is 3.89. The molecule has 3 N–H and O–H groups in total. The van der Waals surface area contributed by atoms with Gasteiger partial charge in [-0.2, -0.15) is 0 Å². The van der Waals surface area contributed by atoms with E-state index in [9.17, 15) is 8.42 Å². The number of hydrogen-bond acceptors (Lipinski definition) is 3. The molecular weight excluding hydrogens is 208 g/mol. The lowest BCUT2D eigenvalue weighted by molar-refractivity contribution is 0.571. The Labute approximate surface area is 83.9 Å². The first kappa shape index (κ1) is 10.9. The van der Waals surface area contributed by atoms with Gasteiger partial charge in [0.05, 0.1) is 16.3 Å². The Morgan fingerprint density at radius 2 is 2.23 bits per heavy atom. The number of rotatable bonds is 5. The van der Waals surface area contributed by atoms with Gasteiger partial charge >= 0.3 is 0 Å². The third-order valence-electron chi connectivity index (χ3n) is 2.02. The van der Waals surface area contributed by atoms with Crippen LogP contribution in [0.15, 0.2) is 0 Å². The highest BCUT2D eigenvalue weighted by Gasteiger charge is 2.36. The zero-order chi connectivity index (χ0) is 10.1. The van der Waals surface area contributed by atoms with E-state index in [0.717, 1.165) is 12.8 Å². The van der Waals surface area contributed by atoms with Crippen LogP contribution < -0.4 is 10.5 Å². The first-order valence-corrected chi connectivity index (χ1v) is 6.23. The van der Waals surface area contributed by atoms with Gasteiger partial charge < -0.3 is 5.73 Å². The Morgan fingerprint density at radius 3 is 2.54 bits per heavy atom. The van der Waals surface area contributed by atoms with Crippen molar-refractivity contribution in [2.75, 3.05) is 0 Å². The van der Waals surface area contributed by atoms with Crippen LogP contribution in [0.1, 0.15) is 26.2 Å². The second-order valence-electron chi connectivity index (χ2n) is 3.23. The van der Waals surface area contributed by atoms with E-state index in [1.807, 2.05) is 6.92 Å². The van der Waals surface area contributed by atoms with Crippen molar-refractivity contribution in [2.24, 2.45) is 5.73 Å². The summed E-state index contributed by atoms with van der Waals surface area (Å²) in [4.78, 5) is 0.215. The molecule has 1 aliphatic carbocycles. The second-order valence-corrected chi connectivity index (χ2v) is 5.69. The lowest BCUT2D eigenvalue weighted by atomic mass is 10.2. The van der Waals surface area contributed by atoms with E-state index in [1.165, 1.54) is 0 Å². The molecular formula is C7H14N2O2S2. The molecule has 0 aromatic rings. The van der Waals surface area contributed by atoms with Crippen molar-refractivity contribution < 1.29 is 8.42 Å². The van der Waals surface area contributed by atoms with Crippen molar-refractivity contribution in [3.63, 3.8) is 0 Å². The smallest absolute Gasteiger partial charge is 0.215 e. The molecule has 1 aliphatic rings. The molecule has 76 valence electrons. The van der Waals surface area contributed by atoms with E-state index in [1.54, 1.807) is 0 Å². The summed E-state index contributed by atoms with van der Waals surface area (Å²) >= 11 is 4.74. The average molecular weight is 222 g/mol. The SMILES string of the molecule is CCC(NS(=O)(=O)C1CC1)C(N)=S. The number of sulfonamides is 1. The van der Waals surface area contributed by atoms with Gasteiger partial charge in [0.2, 0.25) is 10.0 Å². The highest BCUT2D eigenvalue weighted by Crippen LogP contribution is 2.27. The van der Waals surface area contributed by atoms with E-state index < -0.39 is 10.0 Å². The molecule has 1 rings (SSSR count). The van der Waals surface area contributed by atoms with Crippen LogP contribution >= 0.6 is 12.2 Å². The molecule has 0 radical (unpaired) electrons. The van der Waals surface area contributed by atoms with E-state index in [4.69, 9.17) is 18.0 Å². The van der Waals surface area contributed by atoms with Crippen LogP contribution in [0.3, 0.4) is 0 Å². The molecule has 6 heteroatoms. The van der Waals surface area contributed by atoms with Gasteiger partial charge in [-0.15, -0.1) is 0 Å². The molecule has 0 spiro atoms. The lowest BCUT2D eigenvalue weighted by Crippen LogP contribution is -2.44. The molecule has 1 unspecified atom stereocenters. The lowest BCUT2D eigenvalue weighted by Gasteiger charge is -2.14. The first-order chi connectivity index (χ1) is 5.97. The Kier molecular flexibility index (Phi) is 3.26. The predicted molar refractivity (Wildman–Crippen MR) is 55.9 cm³/mol. The maximum atomic E-state index is 11.4. The fourth-order valence-electron chi connectivity index (χ4n) is 1.02. The van der Waals surface area contributed by atoms with Gasteiger partial charge in [0.15, 0.2) is 0 Å². The van der Waals surface area contributed by atoms with Crippen LogP contribution in [0.5, 0.6) is 0 Å². The first-order valence-electron chi connectivity index (χ1n) is 4.28. The minimum atomic E-state index is -3.16. The maximum Gasteiger partial charge on any atom is 0.215 e. The molecule has 0 aromatic heterocycles. The quantitative estimate of drug-likeness (QED) is 0.649. The van der Waals surface area contributed by atoms with Crippen molar-refractivity contribution >= 4 is 27.2 Å². The summed E-state index contributed by atoms with van der Waals surface area (Å²) in [6.07, 6.45) is 2.10. The summed E-state index contributed by atoms with van der Waals surface area (Å²) in [7, 11) is -3.16. The zero-order valence-electron chi connectivity index (χ0n) is 7.49. The standard InChI is InChI=1S/C7H14N2O2S2/c1-2-6(7(8)12)9-13(10,11)5-3-4-5/h5-6,9H,2-4H2,1H3,(H2,8,12). The van der Waals surface area contributed by atoms with Crippen molar-refractivity contribution in [1.29, 1.82) is 0 Å². The summed E-state index contributed by atoms with van der Waals surface area (Å²) in [5, 5.41) is -0.212. The minimum Gasteiger partial charge on any atom is -0.392 e. The van der Waals surface area contributed by atoms with E-state index in [2.05, 4.69) is 4.72 Å². The Morgan fingerprint density at radius 1 is 1.69 bits per heavy atom. The van der Waals surface area contributed by atoms with Crippen molar-refractivity contribution in [3.8, 4) is 0 Å². The number of thiocarbonyl (C=S) groups is 1. The van der Waals surface area contributed by atoms with Gasteiger partial charge in [-0.1, -0.05) is 19.1 Å². The van der Waals surface area contributed by atoms with Crippen LogP contribution in [0.2, 0.25) is 0 Å². The molecule has 0 bridgehead atoms. The van der Waals surface area contributed by atoms with Crippen LogP contribution in [0.4, 0.5) is 0 Å². The van der Waals surface area contributed by atoms with Gasteiger partial charge in [0.1, 0.15) is 0 Å². The number of hydrogen-bond donors (Lipinski definition) is 2. The summed E-state index contributed by atoms with van der Waals surface area (Å²) in [6.45, 7) is 1.85. The van der Waals surface area contributed by atoms with Crippen LogP contribution in [-0.2, 0) is 10.0 Å². The molecule has 0 aliphatic heterocycles.